The van der Waals surface area contributed by atoms with Crippen molar-refractivity contribution < 1.29 is 14.6 Å². The minimum atomic E-state index is -0.501. The fraction of sp³-hybridized carbons (Fsp3) is 0.909. The predicted molar refractivity (Wildman–Crippen MR) is 55.6 cm³/mol. The summed E-state index contributed by atoms with van der Waals surface area (Å²) >= 11 is 0. The summed E-state index contributed by atoms with van der Waals surface area (Å²) in [4.78, 5) is 13.7. The summed E-state index contributed by atoms with van der Waals surface area (Å²) in [6.45, 7) is 5.28. The largest absolute Gasteiger partial charge is 0.387 e. The van der Waals surface area contributed by atoms with E-state index in [1.54, 1.807) is 0 Å². The van der Waals surface area contributed by atoms with Gasteiger partial charge in [-0.1, -0.05) is 6.92 Å². The van der Waals surface area contributed by atoms with E-state index in [9.17, 15) is 9.90 Å². The molecule has 1 N–H and O–H groups in total. The van der Waals surface area contributed by atoms with Crippen LogP contribution in [0.1, 0.15) is 19.8 Å². The highest BCUT2D eigenvalue weighted by Crippen LogP contribution is 2.25. The Morgan fingerprint density at radius 1 is 1.60 bits per heavy atom. The highest BCUT2D eigenvalue weighted by atomic mass is 16.5. The third-order valence-corrected chi connectivity index (χ3v) is 3.44. The Morgan fingerprint density at radius 2 is 2.33 bits per heavy atom. The molecule has 2 rings (SSSR count). The Labute approximate surface area is 90.2 Å². The molecule has 86 valence electrons. The number of ether oxygens (including phenoxy) is 1. The second-order valence-corrected chi connectivity index (χ2v) is 4.74. The van der Waals surface area contributed by atoms with Crippen molar-refractivity contribution in [3.8, 4) is 0 Å². The summed E-state index contributed by atoms with van der Waals surface area (Å²) < 4.78 is 5.29. The summed E-state index contributed by atoms with van der Waals surface area (Å²) in [5.41, 5.74) is -0.501. The van der Waals surface area contributed by atoms with Crippen molar-refractivity contribution >= 4 is 5.78 Å². The zero-order valence-electron chi connectivity index (χ0n) is 9.24. The summed E-state index contributed by atoms with van der Waals surface area (Å²) in [5.74, 6) is 0.341. The Bertz CT molecular complexity index is 248. The highest BCUT2D eigenvalue weighted by Gasteiger charge is 2.41. The third kappa shape index (κ3) is 2.38. The molecule has 15 heavy (non-hydrogen) atoms. The number of nitrogens with zero attached hydrogens (tertiary/aromatic N) is 1. The minimum absolute atomic E-state index is 0.0279. The van der Waals surface area contributed by atoms with Gasteiger partial charge in [0.15, 0.2) is 0 Å². The van der Waals surface area contributed by atoms with Gasteiger partial charge in [-0.2, -0.15) is 0 Å². The normalized spacial score (nSPS) is 31.3. The Hall–Kier alpha value is -0.450. The molecule has 0 aromatic carbocycles. The van der Waals surface area contributed by atoms with Crippen LogP contribution in [0.25, 0.3) is 0 Å². The number of carbonyl (C=O) groups excluding carboxylic acids is 1. The average molecular weight is 213 g/mol. The molecular weight excluding hydrogens is 194 g/mol. The van der Waals surface area contributed by atoms with E-state index in [4.69, 9.17) is 4.74 Å². The predicted octanol–water partition coefficient (Wildman–Crippen LogP) is 0.0487. The van der Waals surface area contributed by atoms with Crippen LogP contribution in [-0.4, -0.2) is 54.2 Å². The van der Waals surface area contributed by atoms with Gasteiger partial charge in [0.25, 0.3) is 0 Å². The van der Waals surface area contributed by atoms with Crippen molar-refractivity contribution in [2.24, 2.45) is 5.92 Å². The van der Waals surface area contributed by atoms with Gasteiger partial charge in [-0.05, 0) is 6.42 Å². The van der Waals surface area contributed by atoms with E-state index in [0.29, 0.717) is 38.5 Å². The molecule has 2 fully saturated rings. The Balaban J connectivity index is 1.76. The van der Waals surface area contributed by atoms with Crippen molar-refractivity contribution in [1.82, 2.24) is 4.90 Å². The van der Waals surface area contributed by atoms with E-state index in [0.717, 1.165) is 13.0 Å². The molecule has 2 aliphatic rings. The Morgan fingerprint density at radius 3 is 2.93 bits per heavy atom. The first-order chi connectivity index (χ1) is 7.13. The first kappa shape index (κ1) is 11.0. The topological polar surface area (TPSA) is 49.8 Å². The molecule has 0 aliphatic carbocycles. The number of rotatable bonds is 3. The summed E-state index contributed by atoms with van der Waals surface area (Å²) in [7, 11) is 0. The van der Waals surface area contributed by atoms with Crippen LogP contribution in [0.3, 0.4) is 0 Å². The smallest absolute Gasteiger partial charge is 0.141 e. The fourth-order valence-electron chi connectivity index (χ4n) is 2.30. The first-order valence-electron chi connectivity index (χ1n) is 5.68. The molecule has 2 saturated heterocycles. The summed E-state index contributed by atoms with van der Waals surface area (Å²) in [6.07, 6.45) is 1.34. The van der Waals surface area contributed by atoms with E-state index in [1.165, 1.54) is 0 Å². The fourth-order valence-corrected chi connectivity index (χ4v) is 2.30. The van der Waals surface area contributed by atoms with Crippen molar-refractivity contribution in [2.75, 3.05) is 32.8 Å². The van der Waals surface area contributed by atoms with Crippen molar-refractivity contribution in [3.05, 3.63) is 0 Å². The van der Waals surface area contributed by atoms with Crippen LogP contribution in [0.15, 0.2) is 0 Å². The average Bonchev–Trinajstić information content (AvgIpc) is 2.18. The quantitative estimate of drug-likeness (QED) is 0.719. The first-order valence-corrected chi connectivity index (χ1v) is 5.68. The number of likely N-dealkylation sites (tertiary alicyclic amines) is 1. The van der Waals surface area contributed by atoms with Gasteiger partial charge in [0, 0.05) is 26.1 Å². The molecule has 0 aromatic heterocycles. The molecule has 0 spiro atoms. The molecular formula is C11H19NO3. The van der Waals surface area contributed by atoms with Gasteiger partial charge in [0.2, 0.25) is 0 Å². The molecule has 0 saturated carbocycles. The van der Waals surface area contributed by atoms with Crippen LogP contribution in [0.4, 0.5) is 0 Å². The summed E-state index contributed by atoms with van der Waals surface area (Å²) in [5, 5.41) is 9.83. The van der Waals surface area contributed by atoms with Gasteiger partial charge >= 0.3 is 0 Å². The lowest BCUT2D eigenvalue weighted by Crippen LogP contribution is -2.62. The van der Waals surface area contributed by atoms with Gasteiger partial charge in [-0.15, -0.1) is 0 Å². The van der Waals surface area contributed by atoms with Gasteiger partial charge in [0.05, 0.1) is 24.7 Å². The van der Waals surface area contributed by atoms with Crippen molar-refractivity contribution in [1.29, 1.82) is 0 Å². The molecule has 0 bridgehead atoms. The zero-order valence-corrected chi connectivity index (χ0v) is 9.24. The van der Waals surface area contributed by atoms with E-state index < -0.39 is 5.60 Å². The van der Waals surface area contributed by atoms with Crippen LogP contribution >= 0.6 is 0 Å². The van der Waals surface area contributed by atoms with Gasteiger partial charge in [-0.25, -0.2) is 0 Å². The number of hydrogen-bond acceptors (Lipinski definition) is 4. The summed E-state index contributed by atoms with van der Waals surface area (Å²) in [6, 6.07) is 0. The Kier molecular flexibility index (Phi) is 3.09. The van der Waals surface area contributed by atoms with Gasteiger partial charge < -0.3 is 9.84 Å². The standard InChI is InChI=1S/C11H19NO3/c1-2-11(14)7-12(8-11)5-9-6-15-4-3-10(9)13/h9,14H,2-8H2,1H3. The molecule has 4 nitrogen and oxygen atoms in total. The molecule has 0 radical (unpaired) electrons. The van der Waals surface area contributed by atoms with Crippen molar-refractivity contribution in [3.63, 3.8) is 0 Å². The van der Waals surface area contributed by atoms with Crippen LogP contribution < -0.4 is 0 Å². The third-order valence-electron chi connectivity index (χ3n) is 3.44. The maximum atomic E-state index is 11.5. The number of β-amino-alcohol motifs (C(OH)–C–C–N with tert-alkyl or cyclic N) is 1. The molecule has 2 heterocycles. The molecule has 4 heteroatoms. The minimum Gasteiger partial charge on any atom is -0.387 e. The zero-order chi connectivity index (χ0) is 10.9. The molecule has 2 aliphatic heterocycles. The monoisotopic (exact) mass is 213 g/mol. The number of ketones is 1. The highest BCUT2D eigenvalue weighted by molar-refractivity contribution is 5.82. The molecule has 1 atom stereocenters. The second kappa shape index (κ2) is 4.20. The second-order valence-electron chi connectivity index (χ2n) is 4.74. The lowest BCUT2D eigenvalue weighted by atomic mass is 9.89. The van der Waals surface area contributed by atoms with Crippen LogP contribution in [0, 0.1) is 5.92 Å². The molecule has 1 unspecified atom stereocenters. The number of aliphatic hydroxyl groups is 1. The maximum Gasteiger partial charge on any atom is 0.141 e. The van der Waals surface area contributed by atoms with Gasteiger partial charge in [0.1, 0.15) is 5.78 Å². The molecule has 0 aromatic rings. The van der Waals surface area contributed by atoms with E-state index >= 15 is 0 Å². The van der Waals surface area contributed by atoms with Crippen molar-refractivity contribution in [2.45, 2.75) is 25.4 Å². The number of Topliss-reactive ketones (excluding diaryl/α,β-unsaturated/α-hetero) is 1. The van der Waals surface area contributed by atoms with Crippen LogP contribution in [0.2, 0.25) is 0 Å². The molecule has 0 amide bonds. The lowest BCUT2D eigenvalue weighted by molar-refractivity contribution is -0.138. The SMILES string of the molecule is CCC1(O)CN(CC2COCCC2=O)C1. The number of hydrogen-bond donors (Lipinski definition) is 1. The van der Waals surface area contributed by atoms with Crippen LogP contribution in [0.5, 0.6) is 0 Å². The maximum absolute atomic E-state index is 11.5. The lowest BCUT2D eigenvalue weighted by Gasteiger charge is -2.47. The van der Waals surface area contributed by atoms with Gasteiger partial charge in [-0.3, -0.25) is 9.69 Å². The number of carbonyl (C=O) groups is 1. The van der Waals surface area contributed by atoms with E-state index in [2.05, 4.69) is 4.90 Å². The van der Waals surface area contributed by atoms with E-state index in [1.807, 2.05) is 6.92 Å². The van der Waals surface area contributed by atoms with Crippen LogP contribution in [-0.2, 0) is 9.53 Å². The van der Waals surface area contributed by atoms with E-state index in [-0.39, 0.29) is 5.92 Å².